The second-order valence-corrected chi connectivity index (χ2v) is 7.62. The van der Waals surface area contributed by atoms with Gasteiger partial charge < -0.3 is 28.7 Å². The van der Waals surface area contributed by atoms with Gasteiger partial charge in [0.15, 0.2) is 6.61 Å². The molecule has 36 heavy (non-hydrogen) atoms. The molecule has 4 rings (SSSR count). The molecule has 0 aliphatic carbocycles. The number of hydrogen-bond acceptors (Lipinski definition) is 8. The summed E-state index contributed by atoms with van der Waals surface area (Å²) in [4.78, 5) is 36.6. The number of esters is 1. The van der Waals surface area contributed by atoms with Gasteiger partial charge in [-0.05, 0) is 48.5 Å². The van der Waals surface area contributed by atoms with Gasteiger partial charge >= 0.3 is 11.6 Å². The summed E-state index contributed by atoms with van der Waals surface area (Å²) in [5, 5.41) is 3.36. The lowest BCUT2D eigenvalue weighted by Crippen LogP contribution is -2.20. The Labute approximate surface area is 206 Å². The first-order chi connectivity index (χ1) is 17.4. The van der Waals surface area contributed by atoms with Gasteiger partial charge in [0.2, 0.25) is 0 Å². The number of ether oxygens (including phenoxy) is 4. The number of hydrogen-bond donors (Lipinski definition) is 1. The molecule has 1 heterocycles. The highest BCUT2D eigenvalue weighted by Gasteiger charge is 2.12. The summed E-state index contributed by atoms with van der Waals surface area (Å²) >= 11 is 0. The van der Waals surface area contributed by atoms with Crippen LogP contribution in [0.4, 0.5) is 5.69 Å². The standard InChI is InChI=1S/C27H23NO8/c1-32-21-5-3-4-19(13-21)28-25(29)16-34-20-8-6-17(7-9-20)27(31)35-15-18-12-26(30)36-24-14-22(33-2)10-11-23(18)24/h3-14H,15-16H2,1-2H3,(H,28,29). The molecule has 0 aliphatic rings. The fourth-order valence-corrected chi connectivity index (χ4v) is 3.42. The second-order valence-electron chi connectivity index (χ2n) is 7.62. The number of rotatable bonds is 9. The molecule has 1 aromatic heterocycles. The summed E-state index contributed by atoms with van der Waals surface area (Å²) in [6.45, 7) is -0.328. The minimum absolute atomic E-state index is 0.115. The number of anilines is 1. The third-order valence-corrected chi connectivity index (χ3v) is 5.21. The molecule has 0 aliphatic heterocycles. The van der Waals surface area contributed by atoms with Crippen LogP contribution >= 0.6 is 0 Å². The largest absolute Gasteiger partial charge is 0.497 e. The highest BCUT2D eigenvalue weighted by Crippen LogP contribution is 2.23. The maximum Gasteiger partial charge on any atom is 0.338 e. The van der Waals surface area contributed by atoms with E-state index in [2.05, 4.69) is 5.32 Å². The summed E-state index contributed by atoms with van der Waals surface area (Å²) < 4.78 is 26.4. The van der Waals surface area contributed by atoms with Crippen LogP contribution in [0.15, 0.2) is 82.0 Å². The summed E-state index contributed by atoms with van der Waals surface area (Å²) in [7, 11) is 3.06. The maximum absolute atomic E-state index is 12.5. The quantitative estimate of drug-likeness (QED) is 0.275. The molecule has 9 heteroatoms. The molecular formula is C27H23NO8. The number of fused-ring (bicyclic) bond motifs is 1. The Kier molecular flexibility index (Phi) is 7.50. The molecule has 0 radical (unpaired) electrons. The lowest BCUT2D eigenvalue weighted by molar-refractivity contribution is -0.118. The van der Waals surface area contributed by atoms with Crippen molar-refractivity contribution in [2.75, 3.05) is 26.1 Å². The van der Waals surface area contributed by atoms with Gasteiger partial charge in [-0.15, -0.1) is 0 Å². The van der Waals surface area contributed by atoms with E-state index in [9.17, 15) is 14.4 Å². The van der Waals surface area contributed by atoms with Gasteiger partial charge in [0.05, 0.1) is 19.8 Å². The van der Waals surface area contributed by atoms with Gasteiger partial charge in [-0.1, -0.05) is 6.07 Å². The lowest BCUT2D eigenvalue weighted by Gasteiger charge is -2.10. The van der Waals surface area contributed by atoms with Crippen LogP contribution in [0.3, 0.4) is 0 Å². The van der Waals surface area contributed by atoms with Crippen molar-refractivity contribution < 1.29 is 33.0 Å². The molecule has 0 unspecified atom stereocenters. The minimum Gasteiger partial charge on any atom is -0.497 e. The number of amides is 1. The molecule has 4 aromatic rings. The van der Waals surface area contributed by atoms with E-state index in [-0.39, 0.29) is 24.7 Å². The van der Waals surface area contributed by atoms with Crippen molar-refractivity contribution in [3.8, 4) is 17.2 Å². The fraction of sp³-hybridized carbons (Fsp3) is 0.148. The topological polar surface area (TPSA) is 113 Å². The van der Waals surface area contributed by atoms with Crippen LogP contribution < -0.4 is 25.2 Å². The van der Waals surface area contributed by atoms with Gasteiger partial charge in [0.25, 0.3) is 5.91 Å². The van der Waals surface area contributed by atoms with Crippen LogP contribution in [0, 0.1) is 0 Å². The number of nitrogens with one attached hydrogen (secondary N) is 1. The van der Waals surface area contributed by atoms with Crippen LogP contribution in [0.2, 0.25) is 0 Å². The predicted octanol–water partition coefficient (Wildman–Crippen LogP) is 4.18. The van der Waals surface area contributed by atoms with E-state index >= 15 is 0 Å². The molecule has 0 saturated carbocycles. The van der Waals surface area contributed by atoms with Crippen LogP contribution in [0.5, 0.6) is 17.2 Å². The Hall–Kier alpha value is -4.79. The summed E-state index contributed by atoms with van der Waals surface area (Å²) in [6.07, 6.45) is 0. The number of benzene rings is 3. The Morgan fingerprint density at radius 1 is 0.861 bits per heavy atom. The maximum atomic E-state index is 12.5. The van der Waals surface area contributed by atoms with E-state index in [4.69, 9.17) is 23.4 Å². The molecule has 1 amide bonds. The van der Waals surface area contributed by atoms with Gasteiger partial charge in [-0.2, -0.15) is 0 Å². The van der Waals surface area contributed by atoms with E-state index in [0.717, 1.165) is 0 Å². The number of carbonyl (C=O) groups is 2. The van der Waals surface area contributed by atoms with Gasteiger partial charge in [0, 0.05) is 34.8 Å². The SMILES string of the molecule is COc1cccc(NC(=O)COc2ccc(C(=O)OCc3cc(=O)oc4cc(OC)ccc34)cc2)c1. The molecule has 3 aromatic carbocycles. The zero-order valence-corrected chi connectivity index (χ0v) is 19.6. The van der Waals surface area contributed by atoms with Crippen LogP contribution in [-0.4, -0.2) is 32.7 Å². The third kappa shape index (κ3) is 6.01. The molecule has 1 N–H and O–H groups in total. The summed E-state index contributed by atoms with van der Waals surface area (Å²) in [6, 6.07) is 19.5. The second kappa shape index (κ2) is 11.1. The zero-order chi connectivity index (χ0) is 25.5. The molecule has 0 saturated heterocycles. The summed E-state index contributed by atoms with van der Waals surface area (Å²) in [5.41, 5.74) is 1.17. The smallest absolute Gasteiger partial charge is 0.338 e. The van der Waals surface area contributed by atoms with E-state index in [1.54, 1.807) is 61.7 Å². The average molecular weight is 489 g/mol. The first kappa shape index (κ1) is 24.3. The van der Waals surface area contributed by atoms with Crippen LogP contribution in [0.25, 0.3) is 11.0 Å². The van der Waals surface area contributed by atoms with E-state index in [1.807, 2.05) is 0 Å². The Bertz CT molecular complexity index is 1440. The Balaban J connectivity index is 1.33. The predicted molar refractivity (Wildman–Crippen MR) is 132 cm³/mol. The van der Waals surface area contributed by atoms with Crippen molar-refractivity contribution in [1.82, 2.24) is 0 Å². The Morgan fingerprint density at radius 2 is 1.58 bits per heavy atom. The van der Waals surface area contributed by atoms with Crippen molar-refractivity contribution in [3.63, 3.8) is 0 Å². The summed E-state index contributed by atoms with van der Waals surface area (Å²) in [5.74, 6) is 0.657. The lowest BCUT2D eigenvalue weighted by atomic mass is 10.1. The fourth-order valence-electron chi connectivity index (χ4n) is 3.42. The number of methoxy groups -OCH3 is 2. The average Bonchev–Trinajstić information content (AvgIpc) is 2.90. The molecule has 184 valence electrons. The van der Waals surface area contributed by atoms with Crippen molar-refractivity contribution >= 4 is 28.5 Å². The van der Waals surface area contributed by atoms with Crippen molar-refractivity contribution in [1.29, 1.82) is 0 Å². The molecule has 0 fully saturated rings. The van der Waals surface area contributed by atoms with E-state index < -0.39 is 11.6 Å². The molecule has 0 atom stereocenters. The van der Waals surface area contributed by atoms with Gasteiger partial charge in [-0.3, -0.25) is 4.79 Å². The van der Waals surface area contributed by atoms with Gasteiger partial charge in [0.1, 0.15) is 29.4 Å². The highest BCUT2D eigenvalue weighted by molar-refractivity contribution is 5.92. The first-order valence-corrected chi connectivity index (χ1v) is 10.9. The minimum atomic E-state index is -0.577. The normalized spacial score (nSPS) is 10.5. The first-order valence-electron chi connectivity index (χ1n) is 10.9. The molecule has 0 bridgehead atoms. The number of carbonyl (C=O) groups excluding carboxylic acids is 2. The van der Waals surface area contributed by atoms with Gasteiger partial charge in [-0.25, -0.2) is 9.59 Å². The third-order valence-electron chi connectivity index (χ3n) is 5.21. The molecular weight excluding hydrogens is 466 g/mol. The highest BCUT2D eigenvalue weighted by atomic mass is 16.5. The van der Waals surface area contributed by atoms with Crippen LogP contribution in [-0.2, 0) is 16.1 Å². The molecule has 9 nitrogen and oxygen atoms in total. The van der Waals surface area contributed by atoms with E-state index in [1.165, 1.54) is 25.3 Å². The van der Waals surface area contributed by atoms with Crippen molar-refractivity contribution in [3.05, 3.63) is 94.3 Å². The van der Waals surface area contributed by atoms with Crippen molar-refractivity contribution in [2.24, 2.45) is 0 Å². The molecule has 0 spiro atoms. The Morgan fingerprint density at radius 3 is 2.33 bits per heavy atom. The van der Waals surface area contributed by atoms with Crippen LogP contribution in [0.1, 0.15) is 15.9 Å². The monoisotopic (exact) mass is 489 g/mol. The zero-order valence-electron chi connectivity index (χ0n) is 19.6. The van der Waals surface area contributed by atoms with E-state index in [0.29, 0.717) is 39.5 Å². The van der Waals surface area contributed by atoms with Crippen molar-refractivity contribution in [2.45, 2.75) is 6.61 Å².